The third-order valence-corrected chi connectivity index (χ3v) is 4.54. The predicted molar refractivity (Wildman–Crippen MR) is 75.2 cm³/mol. The summed E-state index contributed by atoms with van der Waals surface area (Å²) < 4.78 is 33.5. The summed E-state index contributed by atoms with van der Waals surface area (Å²) in [6, 6.07) is 4.47. The molecule has 1 heterocycles. The maximum absolute atomic E-state index is 12.2. The van der Waals surface area contributed by atoms with Crippen molar-refractivity contribution in [1.82, 2.24) is 14.5 Å². The minimum atomic E-state index is -3.71. The summed E-state index contributed by atoms with van der Waals surface area (Å²) in [6.07, 6.45) is 3.32. The molecule has 8 heteroatoms. The van der Waals surface area contributed by atoms with Gasteiger partial charge in [0.1, 0.15) is 10.6 Å². The van der Waals surface area contributed by atoms with Gasteiger partial charge in [-0.3, -0.25) is 4.68 Å². The van der Waals surface area contributed by atoms with Gasteiger partial charge in [0.15, 0.2) is 0 Å². The summed E-state index contributed by atoms with van der Waals surface area (Å²) in [4.78, 5) is -0.0117. The average molecular weight is 316 g/mol. The van der Waals surface area contributed by atoms with E-state index in [1.807, 2.05) is 0 Å². The third-order valence-electron chi connectivity index (χ3n) is 2.65. The van der Waals surface area contributed by atoms with Gasteiger partial charge in [0.25, 0.3) is 0 Å². The van der Waals surface area contributed by atoms with E-state index in [0.29, 0.717) is 5.75 Å². The first-order chi connectivity index (χ1) is 9.42. The molecule has 0 unspecified atom stereocenters. The van der Waals surface area contributed by atoms with Crippen molar-refractivity contribution < 1.29 is 13.2 Å². The standard InChI is InChI=1S/C12H14ClN3O3S/c1-16-8-9(6-14-16)7-15-20(17,18)12-5-10(19-2)3-4-11(12)13/h3-6,8,15H,7H2,1-2H3. The van der Waals surface area contributed by atoms with Gasteiger partial charge in [-0.2, -0.15) is 5.10 Å². The molecule has 1 N–H and O–H groups in total. The van der Waals surface area contributed by atoms with Crippen molar-refractivity contribution in [3.63, 3.8) is 0 Å². The molecule has 0 amide bonds. The Kier molecular flexibility index (Phi) is 4.32. The molecule has 1 aromatic heterocycles. The van der Waals surface area contributed by atoms with Crippen LogP contribution in [0.25, 0.3) is 0 Å². The molecule has 0 saturated carbocycles. The molecule has 108 valence electrons. The summed E-state index contributed by atoms with van der Waals surface area (Å²) in [5.74, 6) is 0.427. The van der Waals surface area contributed by atoms with E-state index in [0.717, 1.165) is 5.56 Å². The first-order valence-electron chi connectivity index (χ1n) is 5.73. The highest BCUT2D eigenvalue weighted by Gasteiger charge is 2.18. The van der Waals surface area contributed by atoms with Crippen molar-refractivity contribution in [1.29, 1.82) is 0 Å². The van der Waals surface area contributed by atoms with Gasteiger partial charge >= 0.3 is 0 Å². The number of aryl methyl sites for hydroxylation is 1. The number of benzene rings is 1. The first kappa shape index (κ1) is 14.8. The van der Waals surface area contributed by atoms with Crippen LogP contribution in [-0.2, 0) is 23.6 Å². The monoisotopic (exact) mass is 315 g/mol. The lowest BCUT2D eigenvalue weighted by molar-refractivity contribution is 0.413. The van der Waals surface area contributed by atoms with Gasteiger partial charge in [-0.25, -0.2) is 13.1 Å². The Morgan fingerprint density at radius 3 is 2.80 bits per heavy atom. The molecule has 0 aliphatic rings. The van der Waals surface area contributed by atoms with Crippen LogP contribution in [0.15, 0.2) is 35.5 Å². The van der Waals surface area contributed by atoms with Gasteiger partial charge in [-0.15, -0.1) is 0 Å². The molecule has 1 aromatic carbocycles. The number of methoxy groups -OCH3 is 1. The summed E-state index contributed by atoms with van der Waals surface area (Å²) in [5, 5.41) is 4.11. The molecule has 0 spiro atoms. The van der Waals surface area contributed by atoms with Crippen LogP contribution in [0, 0.1) is 0 Å². The van der Waals surface area contributed by atoms with Crippen molar-refractivity contribution in [2.45, 2.75) is 11.4 Å². The maximum atomic E-state index is 12.2. The number of nitrogens with one attached hydrogen (secondary N) is 1. The summed E-state index contributed by atoms with van der Waals surface area (Å²) >= 11 is 5.93. The maximum Gasteiger partial charge on any atom is 0.242 e. The molecule has 0 aliphatic carbocycles. The topological polar surface area (TPSA) is 73.2 Å². The summed E-state index contributed by atoms with van der Waals surface area (Å²) in [5.41, 5.74) is 0.759. The number of rotatable bonds is 5. The number of sulfonamides is 1. The molecule has 0 radical (unpaired) electrons. The van der Waals surface area contributed by atoms with E-state index in [1.165, 1.54) is 19.2 Å². The van der Waals surface area contributed by atoms with E-state index in [2.05, 4.69) is 9.82 Å². The molecule has 2 aromatic rings. The van der Waals surface area contributed by atoms with E-state index in [-0.39, 0.29) is 16.5 Å². The largest absolute Gasteiger partial charge is 0.497 e. The van der Waals surface area contributed by atoms with Gasteiger partial charge in [-0.05, 0) is 12.1 Å². The number of aromatic nitrogens is 2. The van der Waals surface area contributed by atoms with Crippen molar-refractivity contribution in [3.05, 3.63) is 41.2 Å². The molecule has 0 aliphatic heterocycles. The Bertz CT molecular complexity index is 712. The van der Waals surface area contributed by atoms with Crippen LogP contribution >= 0.6 is 11.6 Å². The fraction of sp³-hybridized carbons (Fsp3) is 0.250. The lowest BCUT2D eigenvalue weighted by Crippen LogP contribution is -2.23. The van der Waals surface area contributed by atoms with Gasteiger partial charge in [0.2, 0.25) is 10.0 Å². The van der Waals surface area contributed by atoms with Crippen LogP contribution in [0.1, 0.15) is 5.56 Å². The summed E-state index contributed by atoms with van der Waals surface area (Å²) in [7, 11) is -0.490. The lowest BCUT2D eigenvalue weighted by atomic mass is 10.3. The predicted octanol–water partition coefficient (Wildman–Crippen LogP) is 1.56. The number of nitrogens with zero attached hydrogens (tertiary/aromatic N) is 2. The second-order valence-electron chi connectivity index (χ2n) is 4.14. The fourth-order valence-electron chi connectivity index (χ4n) is 1.64. The Morgan fingerprint density at radius 2 is 2.20 bits per heavy atom. The number of ether oxygens (including phenoxy) is 1. The van der Waals surface area contributed by atoms with Crippen molar-refractivity contribution in [2.24, 2.45) is 7.05 Å². The Morgan fingerprint density at radius 1 is 1.45 bits per heavy atom. The van der Waals surface area contributed by atoms with Crippen molar-refractivity contribution in [2.75, 3.05) is 7.11 Å². The van der Waals surface area contributed by atoms with Crippen LogP contribution in [0.3, 0.4) is 0 Å². The minimum Gasteiger partial charge on any atom is -0.497 e. The number of halogens is 1. The molecule has 6 nitrogen and oxygen atoms in total. The highest BCUT2D eigenvalue weighted by molar-refractivity contribution is 7.89. The van der Waals surface area contributed by atoms with E-state index in [1.54, 1.807) is 30.2 Å². The van der Waals surface area contributed by atoms with Crippen LogP contribution in [0.2, 0.25) is 5.02 Å². The zero-order chi connectivity index (χ0) is 14.8. The van der Waals surface area contributed by atoms with E-state index >= 15 is 0 Å². The average Bonchev–Trinajstić information content (AvgIpc) is 2.83. The van der Waals surface area contributed by atoms with Crippen LogP contribution in [0.5, 0.6) is 5.75 Å². The highest BCUT2D eigenvalue weighted by Crippen LogP contribution is 2.26. The molecule has 0 bridgehead atoms. The molecule has 0 fully saturated rings. The normalized spacial score (nSPS) is 11.6. The van der Waals surface area contributed by atoms with Crippen molar-refractivity contribution >= 4 is 21.6 Å². The summed E-state index contributed by atoms with van der Waals surface area (Å²) in [6.45, 7) is 0.143. The SMILES string of the molecule is COc1ccc(Cl)c(S(=O)(=O)NCc2cnn(C)c2)c1. The molecule has 0 saturated heterocycles. The Balaban J connectivity index is 2.21. The minimum absolute atomic E-state index is 0.0117. The molecule has 20 heavy (non-hydrogen) atoms. The van der Waals surface area contributed by atoms with Crippen molar-refractivity contribution in [3.8, 4) is 5.75 Å². The molecule has 0 atom stereocenters. The first-order valence-corrected chi connectivity index (χ1v) is 7.59. The quantitative estimate of drug-likeness (QED) is 0.908. The van der Waals surface area contributed by atoms with Crippen LogP contribution in [-0.4, -0.2) is 25.3 Å². The van der Waals surface area contributed by atoms with Gasteiger partial charge in [0.05, 0.1) is 18.3 Å². The zero-order valence-corrected chi connectivity index (χ0v) is 12.6. The number of hydrogen-bond donors (Lipinski definition) is 1. The second-order valence-corrected chi connectivity index (χ2v) is 6.29. The molecular formula is C12H14ClN3O3S. The van der Waals surface area contributed by atoms with E-state index < -0.39 is 10.0 Å². The van der Waals surface area contributed by atoms with E-state index in [4.69, 9.17) is 16.3 Å². The number of hydrogen-bond acceptors (Lipinski definition) is 4. The lowest BCUT2D eigenvalue weighted by Gasteiger charge is -2.09. The molecule has 2 rings (SSSR count). The smallest absolute Gasteiger partial charge is 0.242 e. The highest BCUT2D eigenvalue weighted by atomic mass is 35.5. The Hall–Kier alpha value is -1.57. The fourth-order valence-corrected chi connectivity index (χ4v) is 3.17. The van der Waals surface area contributed by atoms with E-state index in [9.17, 15) is 8.42 Å². The Labute approximate surface area is 122 Å². The second kappa shape index (κ2) is 5.82. The van der Waals surface area contributed by atoms with Crippen LogP contribution in [0.4, 0.5) is 0 Å². The molecular weight excluding hydrogens is 302 g/mol. The zero-order valence-electron chi connectivity index (χ0n) is 11.0. The third kappa shape index (κ3) is 3.30. The van der Waals surface area contributed by atoms with Gasteiger partial charge in [0, 0.05) is 31.4 Å². The van der Waals surface area contributed by atoms with Gasteiger partial charge < -0.3 is 4.74 Å². The van der Waals surface area contributed by atoms with Crippen LogP contribution < -0.4 is 9.46 Å². The van der Waals surface area contributed by atoms with Gasteiger partial charge in [-0.1, -0.05) is 11.6 Å².